The number of amides is 1. The highest BCUT2D eigenvalue weighted by Gasteiger charge is 2.24. The third kappa shape index (κ3) is 2.61. The van der Waals surface area contributed by atoms with Crippen LogP contribution in [-0.2, 0) is 11.3 Å². The van der Waals surface area contributed by atoms with Crippen molar-refractivity contribution >= 4 is 21.8 Å². The number of likely N-dealkylation sites (tertiary alicyclic amines) is 1. The molecule has 1 aliphatic rings. The number of aromatic nitrogens is 1. The Morgan fingerprint density at radius 2 is 2.38 bits per heavy atom. The van der Waals surface area contributed by atoms with Crippen molar-refractivity contribution in [2.75, 3.05) is 6.54 Å². The second kappa shape index (κ2) is 4.95. The van der Waals surface area contributed by atoms with Crippen LogP contribution in [0.4, 0.5) is 0 Å². The van der Waals surface area contributed by atoms with Crippen LogP contribution in [0.2, 0.25) is 0 Å². The maximum absolute atomic E-state index is 11.9. The van der Waals surface area contributed by atoms with E-state index in [9.17, 15) is 4.79 Å². The Bertz CT molecular complexity index is 394. The third-order valence-corrected chi connectivity index (χ3v) is 3.37. The summed E-state index contributed by atoms with van der Waals surface area (Å²) in [7, 11) is 0. The van der Waals surface area contributed by atoms with Gasteiger partial charge < -0.3 is 4.90 Å². The molecule has 1 amide bonds. The molecule has 2 rings (SSSR count). The number of halogens is 1. The number of piperidine rings is 1. The number of hydrogen-bond donors (Lipinski definition) is 0. The summed E-state index contributed by atoms with van der Waals surface area (Å²) in [4.78, 5) is 17.9. The fraction of sp³-hybridized carbons (Fsp3) is 0.500. The predicted molar refractivity (Wildman–Crippen MR) is 65.8 cm³/mol. The van der Waals surface area contributed by atoms with Crippen LogP contribution >= 0.6 is 15.9 Å². The molecule has 3 nitrogen and oxygen atoms in total. The summed E-state index contributed by atoms with van der Waals surface area (Å²) in [5.74, 6) is 0.445. The summed E-state index contributed by atoms with van der Waals surface area (Å²) in [6.07, 6.45) is 5.70. The molecule has 0 bridgehead atoms. The maximum Gasteiger partial charge on any atom is 0.225 e. The highest BCUT2D eigenvalue weighted by atomic mass is 79.9. The van der Waals surface area contributed by atoms with Crippen molar-refractivity contribution in [1.82, 2.24) is 9.88 Å². The van der Waals surface area contributed by atoms with Crippen molar-refractivity contribution in [3.8, 4) is 0 Å². The monoisotopic (exact) mass is 282 g/mol. The molecule has 4 heteroatoms. The van der Waals surface area contributed by atoms with Crippen LogP contribution in [0, 0.1) is 5.92 Å². The van der Waals surface area contributed by atoms with Crippen molar-refractivity contribution in [2.45, 2.75) is 26.3 Å². The van der Waals surface area contributed by atoms with Gasteiger partial charge in [0, 0.05) is 35.9 Å². The SMILES string of the molecule is CC1CCCN(Cc2cncc(Br)c2)C1=O. The topological polar surface area (TPSA) is 33.2 Å². The number of carbonyl (C=O) groups is 1. The zero-order chi connectivity index (χ0) is 11.5. The predicted octanol–water partition coefficient (Wildman–Crippen LogP) is 2.60. The van der Waals surface area contributed by atoms with Gasteiger partial charge >= 0.3 is 0 Å². The molecule has 1 atom stereocenters. The maximum atomic E-state index is 11.9. The molecule has 2 heterocycles. The minimum absolute atomic E-state index is 0.175. The number of pyridine rings is 1. The average molecular weight is 283 g/mol. The van der Waals surface area contributed by atoms with Crippen molar-refractivity contribution in [3.05, 3.63) is 28.5 Å². The van der Waals surface area contributed by atoms with E-state index in [2.05, 4.69) is 20.9 Å². The normalized spacial score (nSPS) is 21.2. The van der Waals surface area contributed by atoms with Gasteiger partial charge in [-0.1, -0.05) is 6.92 Å². The van der Waals surface area contributed by atoms with Crippen LogP contribution in [0.3, 0.4) is 0 Å². The molecule has 0 spiro atoms. The van der Waals surface area contributed by atoms with E-state index in [0.29, 0.717) is 6.54 Å². The minimum Gasteiger partial charge on any atom is -0.338 e. The highest BCUT2D eigenvalue weighted by molar-refractivity contribution is 9.10. The molecule has 1 saturated heterocycles. The number of rotatable bonds is 2. The second-order valence-corrected chi connectivity index (χ2v) is 5.23. The minimum atomic E-state index is 0.175. The van der Waals surface area contributed by atoms with Gasteiger partial charge in [-0.25, -0.2) is 0 Å². The first kappa shape index (κ1) is 11.6. The largest absolute Gasteiger partial charge is 0.338 e. The molecule has 0 saturated carbocycles. The fourth-order valence-electron chi connectivity index (χ4n) is 2.05. The van der Waals surface area contributed by atoms with Crippen LogP contribution in [0.15, 0.2) is 22.9 Å². The van der Waals surface area contributed by atoms with Gasteiger partial charge in [-0.05, 0) is 40.4 Å². The van der Waals surface area contributed by atoms with Crippen molar-refractivity contribution in [1.29, 1.82) is 0 Å². The lowest BCUT2D eigenvalue weighted by Gasteiger charge is -2.30. The zero-order valence-corrected chi connectivity index (χ0v) is 10.9. The van der Waals surface area contributed by atoms with Crippen molar-refractivity contribution < 1.29 is 4.79 Å². The number of carbonyl (C=O) groups excluding carboxylic acids is 1. The van der Waals surface area contributed by atoms with E-state index in [-0.39, 0.29) is 11.8 Å². The lowest BCUT2D eigenvalue weighted by Crippen LogP contribution is -2.39. The van der Waals surface area contributed by atoms with Gasteiger partial charge in [0.1, 0.15) is 0 Å². The summed E-state index contributed by atoms with van der Waals surface area (Å²) >= 11 is 3.39. The van der Waals surface area contributed by atoms with Gasteiger partial charge in [-0.2, -0.15) is 0 Å². The van der Waals surface area contributed by atoms with Gasteiger partial charge in [-0.15, -0.1) is 0 Å². The van der Waals surface area contributed by atoms with Crippen LogP contribution < -0.4 is 0 Å². The van der Waals surface area contributed by atoms with E-state index < -0.39 is 0 Å². The first-order valence-electron chi connectivity index (χ1n) is 5.55. The van der Waals surface area contributed by atoms with E-state index in [1.807, 2.05) is 24.1 Å². The Morgan fingerprint density at radius 1 is 1.56 bits per heavy atom. The quantitative estimate of drug-likeness (QED) is 0.836. The van der Waals surface area contributed by atoms with Gasteiger partial charge in [0.05, 0.1) is 0 Å². The van der Waals surface area contributed by atoms with Gasteiger partial charge in [0.25, 0.3) is 0 Å². The standard InChI is InChI=1S/C12H15BrN2O/c1-9-3-2-4-15(12(9)16)8-10-5-11(13)7-14-6-10/h5-7,9H,2-4,8H2,1H3. The molecule has 0 aromatic carbocycles. The molecule has 1 aromatic heterocycles. The molecule has 0 radical (unpaired) electrons. The lowest BCUT2D eigenvalue weighted by molar-refractivity contribution is -0.138. The Labute approximate surface area is 104 Å². The summed E-state index contributed by atoms with van der Waals surface area (Å²) in [5.41, 5.74) is 1.08. The van der Waals surface area contributed by atoms with E-state index in [4.69, 9.17) is 0 Å². The smallest absolute Gasteiger partial charge is 0.225 e. The molecular weight excluding hydrogens is 268 g/mol. The average Bonchev–Trinajstić information content (AvgIpc) is 2.25. The summed E-state index contributed by atoms with van der Waals surface area (Å²) in [5, 5.41) is 0. The van der Waals surface area contributed by atoms with Crippen LogP contribution in [0.5, 0.6) is 0 Å². The van der Waals surface area contributed by atoms with E-state index in [0.717, 1.165) is 29.4 Å². The van der Waals surface area contributed by atoms with E-state index >= 15 is 0 Å². The Morgan fingerprint density at radius 3 is 3.12 bits per heavy atom. The first-order chi connectivity index (χ1) is 7.66. The molecule has 0 N–H and O–H groups in total. The van der Waals surface area contributed by atoms with Crippen LogP contribution in [-0.4, -0.2) is 22.3 Å². The second-order valence-electron chi connectivity index (χ2n) is 4.31. The number of hydrogen-bond acceptors (Lipinski definition) is 2. The summed E-state index contributed by atoms with van der Waals surface area (Å²) in [6.45, 7) is 3.55. The molecular formula is C12H15BrN2O. The molecule has 86 valence electrons. The van der Waals surface area contributed by atoms with Crippen molar-refractivity contribution in [2.24, 2.45) is 5.92 Å². The third-order valence-electron chi connectivity index (χ3n) is 2.93. The lowest BCUT2D eigenvalue weighted by atomic mass is 9.99. The van der Waals surface area contributed by atoms with Gasteiger partial charge in [0.2, 0.25) is 5.91 Å². The first-order valence-corrected chi connectivity index (χ1v) is 6.34. The van der Waals surface area contributed by atoms with Crippen molar-refractivity contribution in [3.63, 3.8) is 0 Å². The summed E-state index contributed by atoms with van der Waals surface area (Å²) in [6, 6.07) is 2.01. The van der Waals surface area contributed by atoms with Gasteiger partial charge in [0.15, 0.2) is 0 Å². The summed E-state index contributed by atoms with van der Waals surface area (Å²) < 4.78 is 0.961. The number of nitrogens with zero attached hydrogens (tertiary/aromatic N) is 2. The molecule has 0 aliphatic carbocycles. The molecule has 16 heavy (non-hydrogen) atoms. The molecule has 1 unspecified atom stereocenters. The molecule has 1 aliphatic heterocycles. The van der Waals surface area contributed by atoms with E-state index in [1.54, 1.807) is 6.20 Å². The van der Waals surface area contributed by atoms with Gasteiger partial charge in [-0.3, -0.25) is 9.78 Å². The Kier molecular flexibility index (Phi) is 3.59. The Hall–Kier alpha value is -0.900. The molecule has 1 fully saturated rings. The van der Waals surface area contributed by atoms with Crippen LogP contribution in [0.25, 0.3) is 0 Å². The fourth-order valence-corrected chi connectivity index (χ4v) is 2.47. The van der Waals surface area contributed by atoms with Crippen LogP contribution in [0.1, 0.15) is 25.3 Å². The highest BCUT2D eigenvalue weighted by Crippen LogP contribution is 2.20. The Balaban J connectivity index is 2.06. The zero-order valence-electron chi connectivity index (χ0n) is 9.32. The molecule has 1 aromatic rings. The van der Waals surface area contributed by atoms with E-state index in [1.165, 1.54) is 0 Å².